The van der Waals surface area contributed by atoms with Gasteiger partial charge in [-0.05, 0) is 43.1 Å². The number of benzene rings is 1. The van der Waals surface area contributed by atoms with Crippen molar-refractivity contribution in [1.82, 2.24) is 4.90 Å². The van der Waals surface area contributed by atoms with E-state index < -0.39 is 0 Å². The summed E-state index contributed by atoms with van der Waals surface area (Å²) in [5.41, 5.74) is 7.56. The molecule has 1 aromatic rings. The van der Waals surface area contributed by atoms with Crippen LogP contribution in [0.15, 0.2) is 23.1 Å². The van der Waals surface area contributed by atoms with Crippen LogP contribution < -0.4 is 11.1 Å². The second-order valence-electron chi connectivity index (χ2n) is 5.86. The molecule has 0 spiro atoms. The Morgan fingerprint density at radius 1 is 1.32 bits per heavy atom. The van der Waals surface area contributed by atoms with Crippen molar-refractivity contribution in [2.75, 3.05) is 24.2 Å². The summed E-state index contributed by atoms with van der Waals surface area (Å²) in [6.07, 6.45) is 3.85. The molecule has 118 valence electrons. The zero-order valence-corrected chi connectivity index (χ0v) is 13.3. The number of rotatable bonds is 2. The molecule has 0 saturated carbocycles. The van der Waals surface area contributed by atoms with Crippen LogP contribution in [-0.2, 0) is 11.2 Å². The number of hydrogen-bond acceptors (Lipinski definition) is 3. The minimum atomic E-state index is -0.315. The molecule has 5 nitrogen and oxygen atoms in total. The van der Waals surface area contributed by atoms with Crippen LogP contribution in [0.1, 0.15) is 24.8 Å². The average Bonchev–Trinajstić information content (AvgIpc) is 2.55. The highest BCUT2D eigenvalue weighted by Gasteiger charge is 2.27. The Kier molecular flexibility index (Phi) is 4.57. The number of carbonyl (C=O) groups excluding carboxylic acids is 2. The van der Waals surface area contributed by atoms with Gasteiger partial charge in [-0.25, -0.2) is 4.79 Å². The molecular weight excluding hydrogens is 298 g/mol. The number of urea groups is 1. The predicted octanol–water partition coefficient (Wildman–Crippen LogP) is 2.45. The van der Waals surface area contributed by atoms with Crippen molar-refractivity contribution >= 4 is 29.4 Å². The lowest BCUT2D eigenvalue weighted by Gasteiger charge is -2.31. The number of likely N-dealkylation sites (tertiary alicyclic amines) is 1. The van der Waals surface area contributed by atoms with Crippen molar-refractivity contribution in [2.45, 2.75) is 30.6 Å². The summed E-state index contributed by atoms with van der Waals surface area (Å²) in [6, 6.07) is 5.93. The Balaban J connectivity index is 1.70. The molecule has 2 aliphatic heterocycles. The zero-order chi connectivity index (χ0) is 15.5. The first-order valence-electron chi connectivity index (χ1n) is 7.75. The fraction of sp³-hybridized carbons (Fsp3) is 0.500. The molecule has 2 aliphatic rings. The molecule has 0 unspecified atom stereocenters. The quantitative estimate of drug-likeness (QED) is 0.879. The third-order valence-electron chi connectivity index (χ3n) is 4.29. The molecule has 1 atom stereocenters. The lowest BCUT2D eigenvalue weighted by atomic mass is 9.98. The summed E-state index contributed by atoms with van der Waals surface area (Å²) >= 11 is 1.80. The van der Waals surface area contributed by atoms with Crippen LogP contribution in [0.4, 0.5) is 10.5 Å². The minimum Gasteiger partial charge on any atom is -0.369 e. The number of fused-ring (bicyclic) bond motifs is 1. The number of thioether (sulfide) groups is 1. The van der Waals surface area contributed by atoms with Gasteiger partial charge >= 0.3 is 6.03 Å². The smallest absolute Gasteiger partial charge is 0.321 e. The summed E-state index contributed by atoms with van der Waals surface area (Å²) in [5.74, 6) is 0.552. The Morgan fingerprint density at radius 3 is 3.00 bits per heavy atom. The molecule has 0 aliphatic carbocycles. The van der Waals surface area contributed by atoms with Crippen LogP contribution in [-0.4, -0.2) is 35.7 Å². The van der Waals surface area contributed by atoms with E-state index in [-0.39, 0.29) is 17.9 Å². The maximum atomic E-state index is 12.5. The second-order valence-corrected chi connectivity index (χ2v) is 6.97. The van der Waals surface area contributed by atoms with Gasteiger partial charge in [-0.3, -0.25) is 4.79 Å². The molecule has 6 heteroatoms. The van der Waals surface area contributed by atoms with Crippen molar-refractivity contribution in [3.63, 3.8) is 0 Å². The van der Waals surface area contributed by atoms with E-state index in [2.05, 4.69) is 11.4 Å². The molecule has 0 bridgehead atoms. The van der Waals surface area contributed by atoms with Gasteiger partial charge in [0.05, 0.1) is 11.6 Å². The first kappa shape index (κ1) is 15.2. The van der Waals surface area contributed by atoms with Gasteiger partial charge in [-0.15, -0.1) is 11.8 Å². The van der Waals surface area contributed by atoms with Gasteiger partial charge in [-0.1, -0.05) is 12.1 Å². The molecule has 1 fully saturated rings. The number of amides is 3. The number of carbonyl (C=O) groups is 2. The molecular formula is C16H21N3O2S. The van der Waals surface area contributed by atoms with Crippen LogP contribution in [0.25, 0.3) is 0 Å². The SMILES string of the molecule is NC(=O)[C@H]1CCCN(C(=O)Nc2cccc3c2SCCC3)C1. The Morgan fingerprint density at radius 2 is 2.18 bits per heavy atom. The second kappa shape index (κ2) is 6.60. The van der Waals surface area contributed by atoms with E-state index in [4.69, 9.17) is 5.73 Å². The van der Waals surface area contributed by atoms with E-state index in [1.165, 1.54) is 16.9 Å². The number of nitrogens with two attached hydrogens (primary N) is 1. The van der Waals surface area contributed by atoms with Crippen LogP contribution in [0.3, 0.4) is 0 Å². The molecule has 0 radical (unpaired) electrons. The van der Waals surface area contributed by atoms with Crippen molar-refractivity contribution in [2.24, 2.45) is 11.7 Å². The van der Waals surface area contributed by atoms with Crippen molar-refractivity contribution < 1.29 is 9.59 Å². The molecule has 0 aromatic heterocycles. The van der Waals surface area contributed by atoms with E-state index in [1.807, 2.05) is 12.1 Å². The predicted molar refractivity (Wildman–Crippen MR) is 88.0 cm³/mol. The van der Waals surface area contributed by atoms with Gasteiger partial charge in [-0.2, -0.15) is 0 Å². The van der Waals surface area contributed by atoms with Gasteiger partial charge in [0.1, 0.15) is 0 Å². The average molecular weight is 319 g/mol. The molecule has 22 heavy (non-hydrogen) atoms. The summed E-state index contributed by atoms with van der Waals surface area (Å²) in [7, 11) is 0. The Hall–Kier alpha value is -1.69. The van der Waals surface area contributed by atoms with Crippen LogP contribution in [0.2, 0.25) is 0 Å². The minimum absolute atomic E-state index is 0.134. The largest absolute Gasteiger partial charge is 0.369 e. The van der Waals surface area contributed by atoms with Gasteiger partial charge in [0, 0.05) is 18.0 Å². The third kappa shape index (κ3) is 3.21. The van der Waals surface area contributed by atoms with Gasteiger partial charge < -0.3 is 16.0 Å². The Bertz CT molecular complexity index is 591. The van der Waals surface area contributed by atoms with E-state index >= 15 is 0 Å². The molecule has 1 saturated heterocycles. The number of nitrogens with zero attached hydrogens (tertiary/aromatic N) is 1. The maximum Gasteiger partial charge on any atom is 0.321 e. The monoisotopic (exact) mass is 319 g/mol. The van der Waals surface area contributed by atoms with Crippen LogP contribution in [0, 0.1) is 5.92 Å². The molecule has 1 aromatic carbocycles. The van der Waals surface area contributed by atoms with Gasteiger partial charge in [0.25, 0.3) is 0 Å². The van der Waals surface area contributed by atoms with Crippen molar-refractivity contribution in [1.29, 1.82) is 0 Å². The summed E-state index contributed by atoms with van der Waals surface area (Å²) in [4.78, 5) is 26.7. The summed E-state index contributed by atoms with van der Waals surface area (Å²) in [6.45, 7) is 1.10. The molecule has 2 heterocycles. The Labute approximate surface area is 134 Å². The number of aryl methyl sites for hydroxylation is 1. The number of piperidine rings is 1. The first-order chi connectivity index (χ1) is 10.6. The van der Waals surface area contributed by atoms with Gasteiger partial charge in [0.2, 0.25) is 5.91 Å². The maximum absolute atomic E-state index is 12.5. The molecule has 3 N–H and O–H groups in total. The number of nitrogens with one attached hydrogen (secondary N) is 1. The van der Waals surface area contributed by atoms with E-state index in [0.717, 1.165) is 30.7 Å². The number of primary amides is 1. The summed E-state index contributed by atoms with van der Waals surface area (Å²) in [5, 5.41) is 3.01. The highest BCUT2D eigenvalue weighted by molar-refractivity contribution is 7.99. The molecule has 3 rings (SSSR count). The standard InChI is InChI=1S/C16H21N3O2S/c17-15(20)12-5-2-8-19(10-12)16(21)18-13-7-1-4-11-6-3-9-22-14(11)13/h1,4,7,12H,2-3,5-6,8-10H2,(H2,17,20)(H,18,21)/t12-/m0/s1. The van der Waals surface area contributed by atoms with E-state index in [0.29, 0.717) is 13.1 Å². The highest BCUT2D eigenvalue weighted by Crippen LogP contribution is 2.36. The van der Waals surface area contributed by atoms with Crippen LogP contribution >= 0.6 is 11.8 Å². The molecule has 3 amide bonds. The first-order valence-corrected chi connectivity index (χ1v) is 8.73. The number of anilines is 1. The summed E-state index contributed by atoms with van der Waals surface area (Å²) < 4.78 is 0. The lowest BCUT2D eigenvalue weighted by Crippen LogP contribution is -2.45. The lowest BCUT2D eigenvalue weighted by molar-refractivity contribution is -0.123. The van der Waals surface area contributed by atoms with E-state index in [9.17, 15) is 9.59 Å². The van der Waals surface area contributed by atoms with E-state index in [1.54, 1.807) is 16.7 Å². The van der Waals surface area contributed by atoms with Crippen molar-refractivity contribution in [3.05, 3.63) is 23.8 Å². The van der Waals surface area contributed by atoms with Crippen LogP contribution in [0.5, 0.6) is 0 Å². The van der Waals surface area contributed by atoms with Gasteiger partial charge in [0.15, 0.2) is 0 Å². The highest BCUT2D eigenvalue weighted by atomic mass is 32.2. The fourth-order valence-electron chi connectivity index (χ4n) is 3.08. The number of hydrogen-bond donors (Lipinski definition) is 2. The topological polar surface area (TPSA) is 75.4 Å². The zero-order valence-electron chi connectivity index (χ0n) is 12.5. The fourth-order valence-corrected chi connectivity index (χ4v) is 4.20. The third-order valence-corrected chi connectivity index (χ3v) is 5.55. The normalized spacial score (nSPS) is 21.1. The van der Waals surface area contributed by atoms with Crippen molar-refractivity contribution in [3.8, 4) is 0 Å².